The van der Waals surface area contributed by atoms with E-state index >= 15 is 0 Å². The van der Waals surface area contributed by atoms with Gasteiger partial charge in [-0.3, -0.25) is 4.68 Å². The molecule has 0 amide bonds. The third kappa shape index (κ3) is 3.19. The van der Waals surface area contributed by atoms with Gasteiger partial charge >= 0.3 is 12.1 Å². The number of aryl methyl sites for hydroxylation is 1. The van der Waals surface area contributed by atoms with E-state index in [0.717, 1.165) is 22.9 Å². The van der Waals surface area contributed by atoms with Gasteiger partial charge in [0.05, 0.1) is 17.6 Å². The minimum absolute atomic E-state index is 0.0211. The molecule has 0 radical (unpaired) electrons. The summed E-state index contributed by atoms with van der Waals surface area (Å²) in [5, 5.41) is 13.1. The number of benzene rings is 2. The number of rotatable bonds is 3. The van der Waals surface area contributed by atoms with E-state index in [2.05, 4.69) is 5.10 Å². The molecule has 0 atom stereocenters. The van der Waals surface area contributed by atoms with Gasteiger partial charge in [0.1, 0.15) is 5.82 Å². The van der Waals surface area contributed by atoms with Gasteiger partial charge in [-0.1, -0.05) is 12.1 Å². The topological polar surface area (TPSA) is 55.1 Å². The van der Waals surface area contributed by atoms with Gasteiger partial charge in [-0.2, -0.15) is 18.3 Å². The maximum atomic E-state index is 14.0. The van der Waals surface area contributed by atoms with Crippen molar-refractivity contribution in [3.8, 4) is 0 Å². The van der Waals surface area contributed by atoms with E-state index in [1.54, 1.807) is 13.0 Å². The zero-order chi connectivity index (χ0) is 18.4. The molecule has 1 heterocycles. The molecular formula is C17H12F4N2O2. The highest BCUT2D eigenvalue weighted by atomic mass is 19.4. The first-order valence-electron chi connectivity index (χ1n) is 7.23. The molecule has 0 unspecified atom stereocenters. The molecule has 4 nitrogen and oxygen atoms in total. The van der Waals surface area contributed by atoms with Gasteiger partial charge in [-0.15, -0.1) is 0 Å². The van der Waals surface area contributed by atoms with Gasteiger partial charge in [-0.25, -0.2) is 9.18 Å². The number of hydrogen-bond acceptors (Lipinski definition) is 2. The lowest BCUT2D eigenvalue weighted by molar-refractivity contribution is -0.137. The third-order valence-electron chi connectivity index (χ3n) is 3.81. The summed E-state index contributed by atoms with van der Waals surface area (Å²) in [6.07, 6.45) is -4.58. The third-order valence-corrected chi connectivity index (χ3v) is 3.81. The first-order chi connectivity index (χ1) is 11.7. The first kappa shape index (κ1) is 16.9. The minimum Gasteiger partial charge on any atom is -0.476 e. The predicted octanol–water partition coefficient (Wildman–Crippen LogP) is 4.25. The van der Waals surface area contributed by atoms with E-state index in [1.165, 1.54) is 12.1 Å². The lowest BCUT2D eigenvalue weighted by Gasteiger charge is -2.09. The summed E-state index contributed by atoms with van der Waals surface area (Å²) in [7, 11) is 0. The molecular weight excluding hydrogens is 340 g/mol. The summed E-state index contributed by atoms with van der Waals surface area (Å²) in [5.41, 5.74) is -0.438. The van der Waals surface area contributed by atoms with E-state index in [9.17, 15) is 27.5 Å². The molecule has 0 aliphatic heterocycles. The van der Waals surface area contributed by atoms with Gasteiger partial charge in [0.15, 0.2) is 5.69 Å². The molecule has 0 fully saturated rings. The molecule has 0 aliphatic carbocycles. The lowest BCUT2D eigenvalue weighted by atomic mass is 10.1. The van der Waals surface area contributed by atoms with Crippen LogP contribution in [0.25, 0.3) is 10.9 Å². The van der Waals surface area contributed by atoms with Crippen molar-refractivity contribution in [3.05, 3.63) is 64.6 Å². The molecule has 0 saturated heterocycles. The highest BCUT2D eigenvalue weighted by Gasteiger charge is 2.31. The second-order valence-corrected chi connectivity index (χ2v) is 5.64. The zero-order valence-corrected chi connectivity index (χ0v) is 12.9. The Balaban J connectivity index is 2.17. The van der Waals surface area contributed by atoms with Crippen LogP contribution in [-0.4, -0.2) is 20.9 Å². The Morgan fingerprint density at radius 3 is 2.52 bits per heavy atom. The van der Waals surface area contributed by atoms with Crippen molar-refractivity contribution in [2.75, 3.05) is 0 Å². The van der Waals surface area contributed by atoms with Crippen LogP contribution in [0.4, 0.5) is 17.6 Å². The van der Waals surface area contributed by atoms with Gasteiger partial charge in [0, 0.05) is 10.9 Å². The quantitative estimate of drug-likeness (QED) is 0.717. The molecule has 1 aromatic heterocycles. The Morgan fingerprint density at radius 2 is 1.92 bits per heavy atom. The van der Waals surface area contributed by atoms with Crippen molar-refractivity contribution in [1.82, 2.24) is 9.78 Å². The molecule has 0 spiro atoms. The van der Waals surface area contributed by atoms with Crippen LogP contribution in [0.3, 0.4) is 0 Å². The Kier molecular flexibility index (Phi) is 3.98. The number of nitrogens with zero attached hydrogens (tertiary/aromatic N) is 2. The number of carboxylic acids is 1. The SMILES string of the molecule is Cc1ccc(Cn2nc(C(=O)O)c3ccc(C(F)(F)F)cc32)c(F)c1. The van der Waals surface area contributed by atoms with Gasteiger partial charge in [0.2, 0.25) is 0 Å². The number of carboxylic acid groups (broad SMARTS) is 1. The highest BCUT2D eigenvalue weighted by molar-refractivity contribution is 6.01. The summed E-state index contributed by atoms with van der Waals surface area (Å²) in [6.45, 7) is 1.52. The predicted molar refractivity (Wildman–Crippen MR) is 81.9 cm³/mol. The van der Waals surface area contributed by atoms with Crippen LogP contribution in [0.1, 0.15) is 27.2 Å². The van der Waals surface area contributed by atoms with E-state index in [0.29, 0.717) is 5.56 Å². The second kappa shape index (κ2) is 5.87. The number of fused-ring (bicyclic) bond motifs is 1. The molecule has 0 bridgehead atoms. The van der Waals surface area contributed by atoms with Crippen LogP contribution in [0.5, 0.6) is 0 Å². The van der Waals surface area contributed by atoms with Crippen LogP contribution >= 0.6 is 0 Å². The van der Waals surface area contributed by atoms with Gasteiger partial charge in [-0.05, 0) is 36.8 Å². The van der Waals surface area contributed by atoms with Crippen molar-refractivity contribution in [2.45, 2.75) is 19.6 Å². The maximum Gasteiger partial charge on any atom is 0.416 e. The number of alkyl halides is 3. The summed E-state index contributed by atoms with van der Waals surface area (Å²) >= 11 is 0. The fourth-order valence-corrected chi connectivity index (χ4v) is 2.57. The van der Waals surface area contributed by atoms with Gasteiger partial charge < -0.3 is 5.11 Å². The second-order valence-electron chi connectivity index (χ2n) is 5.64. The van der Waals surface area contributed by atoms with Crippen molar-refractivity contribution in [1.29, 1.82) is 0 Å². The molecule has 0 aliphatic rings. The molecule has 1 N–H and O–H groups in total. The largest absolute Gasteiger partial charge is 0.476 e. The van der Waals surface area contributed by atoms with Crippen molar-refractivity contribution >= 4 is 16.9 Å². The standard InChI is InChI=1S/C17H12F4N2O2/c1-9-2-3-10(13(18)6-9)8-23-14-7-11(17(19,20)21)4-5-12(14)15(22-23)16(24)25/h2-7H,8H2,1H3,(H,24,25). The first-order valence-corrected chi connectivity index (χ1v) is 7.23. The van der Waals surface area contributed by atoms with Gasteiger partial charge in [0.25, 0.3) is 0 Å². The van der Waals surface area contributed by atoms with Crippen molar-refractivity contribution in [3.63, 3.8) is 0 Å². The summed E-state index contributed by atoms with van der Waals surface area (Å²) in [5.74, 6) is -1.90. The van der Waals surface area contributed by atoms with Crippen LogP contribution in [0.2, 0.25) is 0 Å². The highest BCUT2D eigenvalue weighted by Crippen LogP contribution is 2.32. The fraction of sp³-hybridized carbons (Fsp3) is 0.176. The minimum atomic E-state index is -4.58. The smallest absolute Gasteiger partial charge is 0.416 e. The average molecular weight is 352 g/mol. The molecule has 25 heavy (non-hydrogen) atoms. The zero-order valence-electron chi connectivity index (χ0n) is 12.9. The number of hydrogen-bond donors (Lipinski definition) is 1. The molecule has 3 aromatic rings. The van der Waals surface area contributed by atoms with E-state index in [-0.39, 0.29) is 28.7 Å². The van der Waals surface area contributed by atoms with E-state index < -0.39 is 23.5 Å². The summed E-state index contributed by atoms with van der Waals surface area (Å²) in [6, 6.07) is 7.13. The number of halogens is 4. The van der Waals surface area contributed by atoms with Crippen LogP contribution in [-0.2, 0) is 12.7 Å². The Morgan fingerprint density at radius 1 is 1.20 bits per heavy atom. The maximum absolute atomic E-state index is 14.0. The number of carbonyl (C=O) groups is 1. The van der Waals surface area contributed by atoms with Crippen molar-refractivity contribution < 1.29 is 27.5 Å². The molecule has 8 heteroatoms. The van der Waals surface area contributed by atoms with E-state index in [4.69, 9.17) is 0 Å². The van der Waals surface area contributed by atoms with Crippen LogP contribution in [0.15, 0.2) is 36.4 Å². The Labute approximate surface area is 139 Å². The monoisotopic (exact) mass is 352 g/mol. The summed E-state index contributed by atoms with van der Waals surface area (Å²) < 4.78 is 53.9. The molecule has 3 rings (SSSR count). The van der Waals surface area contributed by atoms with E-state index in [1.807, 2.05) is 0 Å². The normalized spacial score (nSPS) is 11.9. The molecule has 0 saturated carbocycles. The fourth-order valence-electron chi connectivity index (χ4n) is 2.57. The Bertz CT molecular complexity index is 977. The lowest BCUT2D eigenvalue weighted by Crippen LogP contribution is -2.07. The van der Waals surface area contributed by atoms with Crippen LogP contribution < -0.4 is 0 Å². The number of aromatic nitrogens is 2. The molecule has 130 valence electrons. The number of aromatic carboxylic acids is 1. The average Bonchev–Trinajstić information content (AvgIpc) is 2.87. The summed E-state index contributed by atoms with van der Waals surface area (Å²) in [4.78, 5) is 11.3. The van der Waals surface area contributed by atoms with Crippen molar-refractivity contribution in [2.24, 2.45) is 0 Å². The Hall–Kier alpha value is -2.90. The van der Waals surface area contributed by atoms with Crippen LogP contribution in [0, 0.1) is 12.7 Å². The molecule has 2 aromatic carbocycles.